The first-order chi connectivity index (χ1) is 7.81. The molecule has 0 saturated carbocycles. The Kier molecular flexibility index (Phi) is 4.18. The zero-order valence-electron chi connectivity index (χ0n) is 10.2. The molecule has 92 valence electrons. The molecule has 0 aromatic rings. The minimum absolute atomic E-state index is 0.340. The first-order valence-electron chi connectivity index (χ1n) is 6.54. The molecule has 2 aliphatic heterocycles. The summed E-state index contributed by atoms with van der Waals surface area (Å²) in [6.07, 6.45) is 2.92. The van der Waals surface area contributed by atoms with Crippen LogP contribution in [0.25, 0.3) is 0 Å². The number of hydrogen-bond acceptors (Lipinski definition) is 3. The van der Waals surface area contributed by atoms with E-state index in [-0.39, 0.29) is 0 Å². The van der Waals surface area contributed by atoms with Crippen LogP contribution in [0.2, 0.25) is 0 Å². The Hall–Kier alpha value is -0.610. The molecule has 16 heavy (non-hydrogen) atoms. The first kappa shape index (κ1) is 11.9. The number of amides is 1. The van der Waals surface area contributed by atoms with Crippen molar-refractivity contribution in [3.05, 3.63) is 0 Å². The normalized spacial score (nSPS) is 23.9. The Balaban J connectivity index is 1.72. The van der Waals surface area contributed by atoms with E-state index in [1.165, 1.54) is 13.0 Å². The summed E-state index contributed by atoms with van der Waals surface area (Å²) < 4.78 is 0. The van der Waals surface area contributed by atoms with Gasteiger partial charge in [-0.25, -0.2) is 0 Å². The number of hydrogen-bond donors (Lipinski definition) is 1. The molecule has 2 saturated heterocycles. The van der Waals surface area contributed by atoms with Crippen molar-refractivity contribution in [3.8, 4) is 0 Å². The molecule has 0 spiro atoms. The second-order valence-electron chi connectivity index (χ2n) is 4.84. The van der Waals surface area contributed by atoms with Crippen LogP contribution in [-0.4, -0.2) is 61.0 Å². The third kappa shape index (κ3) is 2.74. The smallest absolute Gasteiger partial charge is 0.222 e. The van der Waals surface area contributed by atoms with Crippen LogP contribution >= 0.6 is 0 Å². The summed E-state index contributed by atoms with van der Waals surface area (Å²) in [5.74, 6) is 0.340. The van der Waals surface area contributed by atoms with Gasteiger partial charge in [0.1, 0.15) is 0 Å². The zero-order chi connectivity index (χ0) is 11.4. The van der Waals surface area contributed by atoms with Crippen molar-refractivity contribution in [3.63, 3.8) is 0 Å². The van der Waals surface area contributed by atoms with E-state index in [1.807, 2.05) is 4.90 Å². The number of rotatable bonds is 3. The van der Waals surface area contributed by atoms with Crippen LogP contribution in [0, 0.1) is 0 Å². The van der Waals surface area contributed by atoms with Crippen molar-refractivity contribution < 1.29 is 4.79 Å². The second kappa shape index (κ2) is 5.64. The third-order valence-corrected chi connectivity index (χ3v) is 3.57. The predicted molar refractivity (Wildman–Crippen MR) is 64.3 cm³/mol. The molecule has 1 amide bonds. The lowest BCUT2D eigenvalue weighted by molar-refractivity contribution is -0.138. The fourth-order valence-electron chi connectivity index (χ4n) is 2.49. The topological polar surface area (TPSA) is 35.6 Å². The highest BCUT2D eigenvalue weighted by Crippen LogP contribution is 2.17. The van der Waals surface area contributed by atoms with Gasteiger partial charge in [0.2, 0.25) is 5.91 Å². The Morgan fingerprint density at radius 1 is 1.31 bits per heavy atom. The van der Waals surface area contributed by atoms with Crippen LogP contribution in [0.5, 0.6) is 0 Å². The molecule has 4 nitrogen and oxygen atoms in total. The van der Waals surface area contributed by atoms with E-state index in [2.05, 4.69) is 17.1 Å². The van der Waals surface area contributed by atoms with Crippen LogP contribution in [-0.2, 0) is 4.79 Å². The fourth-order valence-corrected chi connectivity index (χ4v) is 2.49. The van der Waals surface area contributed by atoms with Crippen LogP contribution < -0.4 is 5.32 Å². The quantitative estimate of drug-likeness (QED) is 0.750. The summed E-state index contributed by atoms with van der Waals surface area (Å²) >= 11 is 0. The average molecular weight is 225 g/mol. The van der Waals surface area contributed by atoms with E-state index in [0.29, 0.717) is 18.4 Å². The molecule has 0 unspecified atom stereocenters. The van der Waals surface area contributed by atoms with Gasteiger partial charge in [0.15, 0.2) is 0 Å². The Bertz CT molecular complexity index is 230. The molecule has 0 aromatic carbocycles. The highest BCUT2D eigenvalue weighted by molar-refractivity contribution is 5.77. The number of carbonyl (C=O) groups excluding carboxylic acids is 1. The number of nitrogens with one attached hydrogen (secondary N) is 1. The van der Waals surface area contributed by atoms with Gasteiger partial charge in [-0.05, 0) is 25.9 Å². The second-order valence-corrected chi connectivity index (χ2v) is 4.84. The predicted octanol–water partition coefficient (Wildman–Crippen LogP) is 0.293. The van der Waals surface area contributed by atoms with Gasteiger partial charge in [0.05, 0.1) is 0 Å². The lowest BCUT2D eigenvalue weighted by Crippen LogP contribution is -2.61. The summed E-state index contributed by atoms with van der Waals surface area (Å²) in [5, 5.41) is 3.41. The third-order valence-electron chi connectivity index (χ3n) is 3.57. The fraction of sp³-hybridized carbons (Fsp3) is 0.917. The van der Waals surface area contributed by atoms with Crippen molar-refractivity contribution in [2.75, 3.05) is 39.3 Å². The maximum absolute atomic E-state index is 11.6. The van der Waals surface area contributed by atoms with Crippen LogP contribution in [0.1, 0.15) is 26.2 Å². The lowest BCUT2D eigenvalue weighted by atomic mass is 10.1. The molecule has 2 heterocycles. The van der Waals surface area contributed by atoms with Gasteiger partial charge in [0.25, 0.3) is 0 Å². The zero-order valence-corrected chi connectivity index (χ0v) is 10.2. The van der Waals surface area contributed by atoms with E-state index >= 15 is 0 Å². The SMILES string of the molecule is CCCC(=O)N1CC(N2CCCNCC2)C1. The highest BCUT2D eigenvalue weighted by Gasteiger charge is 2.34. The van der Waals surface area contributed by atoms with E-state index in [4.69, 9.17) is 0 Å². The largest absolute Gasteiger partial charge is 0.339 e. The molecule has 0 aromatic heterocycles. The summed E-state index contributed by atoms with van der Waals surface area (Å²) in [6.45, 7) is 8.54. The van der Waals surface area contributed by atoms with E-state index in [0.717, 1.165) is 39.1 Å². The number of carbonyl (C=O) groups is 1. The maximum atomic E-state index is 11.6. The Labute approximate surface area is 98.0 Å². The average Bonchev–Trinajstić information content (AvgIpc) is 2.44. The van der Waals surface area contributed by atoms with Gasteiger partial charge in [-0.3, -0.25) is 9.69 Å². The highest BCUT2D eigenvalue weighted by atomic mass is 16.2. The summed E-state index contributed by atoms with van der Waals surface area (Å²) in [6, 6.07) is 0.626. The molecule has 0 radical (unpaired) electrons. The Morgan fingerprint density at radius 2 is 2.12 bits per heavy atom. The molecule has 1 N–H and O–H groups in total. The Morgan fingerprint density at radius 3 is 2.88 bits per heavy atom. The molecule has 0 bridgehead atoms. The molecular formula is C12H23N3O. The maximum Gasteiger partial charge on any atom is 0.222 e. The van der Waals surface area contributed by atoms with Crippen molar-refractivity contribution in [2.24, 2.45) is 0 Å². The van der Waals surface area contributed by atoms with E-state index < -0.39 is 0 Å². The van der Waals surface area contributed by atoms with Gasteiger partial charge in [0, 0.05) is 38.6 Å². The van der Waals surface area contributed by atoms with Gasteiger partial charge in [-0.2, -0.15) is 0 Å². The van der Waals surface area contributed by atoms with Gasteiger partial charge >= 0.3 is 0 Å². The van der Waals surface area contributed by atoms with Crippen molar-refractivity contribution in [1.29, 1.82) is 0 Å². The molecule has 0 aliphatic carbocycles. The van der Waals surface area contributed by atoms with Gasteiger partial charge in [-0.15, -0.1) is 0 Å². The minimum Gasteiger partial charge on any atom is -0.339 e. The first-order valence-corrected chi connectivity index (χ1v) is 6.54. The summed E-state index contributed by atoms with van der Waals surface area (Å²) in [7, 11) is 0. The lowest BCUT2D eigenvalue weighted by Gasteiger charge is -2.45. The van der Waals surface area contributed by atoms with Crippen molar-refractivity contribution >= 4 is 5.91 Å². The van der Waals surface area contributed by atoms with Crippen LogP contribution in [0.4, 0.5) is 0 Å². The standard InChI is InChI=1S/C12H23N3O/c1-2-4-12(16)15-9-11(10-15)14-7-3-5-13-6-8-14/h11,13H,2-10H2,1H3. The molecule has 2 fully saturated rings. The van der Waals surface area contributed by atoms with E-state index in [9.17, 15) is 4.79 Å². The molecule has 0 atom stereocenters. The van der Waals surface area contributed by atoms with Crippen molar-refractivity contribution in [2.45, 2.75) is 32.2 Å². The summed E-state index contributed by atoms with van der Waals surface area (Å²) in [4.78, 5) is 16.2. The van der Waals surface area contributed by atoms with Crippen LogP contribution in [0.15, 0.2) is 0 Å². The number of nitrogens with zero attached hydrogens (tertiary/aromatic N) is 2. The number of likely N-dealkylation sites (tertiary alicyclic amines) is 1. The molecule has 2 rings (SSSR count). The van der Waals surface area contributed by atoms with Gasteiger partial charge < -0.3 is 10.2 Å². The summed E-state index contributed by atoms with van der Waals surface area (Å²) in [5.41, 5.74) is 0. The van der Waals surface area contributed by atoms with Gasteiger partial charge in [-0.1, -0.05) is 6.92 Å². The van der Waals surface area contributed by atoms with Crippen LogP contribution in [0.3, 0.4) is 0 Å². The monoisotopic (exact) mass is 225 g/mol. The molecular weight excluding hydrogens is 202 g/mol. The van der Waals surface area contributed by atoms with E-state index in [1.54, 1.807) is 0 Å². The molecule has 2 aliphatic rings. The van der Waals surface area contributed by atoms with Crippen molar-refractivity contribution in [1.82, 2.24) is 15.1 Å². The molecule has 4 heteroatoms. The minimum atomic E-state index is 0.340.